The molecule has 1 heterocycles. The van der Waals surface area contributed by atoms with Crippen LogP contribution in [0.2, 0.25) is 0 Å². The Hall–Kier alpha value is -3.84. The molecule has 184 valence electrons. The van der Waals surface area contributed by atoms with Crippen LogP contribution in [0.25, 0.3) is 0 Å². The molecule has 0 bridgehead atoms. The van der Waals surface area contributed by atoms with Gasteiger partial charge in [-0.2, -0.15) is 0 Å². The van der Waals surface area contributed by atoms with Crippen molar-refractivity contribution >= 4 is 40.9 Å². The van der Waals surface area contributed by atoms with E-state index in [1.165, 1.54) is 11.8 Å². The van der Waals surface area contributed by atoms with Gasteiger partial charge in [0.1, 0.15) is 10.6 Å². The molecular formula is C29H28N2O4S. The highest BCUT2D eigenvalue weighted by molar-refractivity contribution is 8.04. The van der Waals surface area contributed by atoms with Gasteiger partial charge in [-0.3, -0.25) is 9.59 Å². The second-order valence-corrected chi connectivity index (χ2v) is 10.0. The van der Waals surface area contributed by atoms with E-state index in [0.717, 1.165) is 32.2 Å². The van der Waals surface area contributed by atoms with Gasteiger partial charge < -0.3 is 10.1 Å². The Morgan fingerprint density at radius 1 is 0.889 bits per heavy atom. The number of nitrogens with one attached hydrogen (secondary N) is 1. The van der Waals surface area contributed by atoms with Crippen molar-refractivity contribution in [3.8, 4) is 0 Å². The maximum absolute atomic E-state index is 13.6. The number of imide groups is 1. The number of anilines is 2. The molecular weight excluding hydrogens is 472 g/mol. The summed E-state index contributed by atoms with van der Waals surface area (Å²) in [5.74, 6) is -1.33. The number of benzene rings is 3. The van der Waals surface area contributed by atoms with E-state index in [9.17, 15) is 14.4 Å². The van der Waals surface area contributed by atoms with Gasteiger partial charge in [-0.1, -0.05) is 41.6 Å². The van der Waals surface area contributed by atoms with Crippen LogP contribution in [-0.2, 0) is 14.3 Å². The molecule has 3 aromatic carbocycles. The van der Waals surface area contributed by atoms with Crippen molar-refractivity contribution in [2.75, 3.05) is 10.2 Å². The van der Waals surface area contributed by atoms with Crippen LogP contribution in [0.1, 0.15) is 40.9 Å². The second kappa shape index (κ2) is 10.4. The highest BCUT2D eigenvalue weighted by Crippen LogP contribution is 2.38. The number of aryl methyl sites for hydroxylation is 2. The Kier molecular flexibility index (Phi) is 7.31. The van der Waals surface area contributed by atoms with Gasteiger partial charge in [0.05, 0.1) is 17.4 Å². The molecule has 1 aliphatic rings. The van der Waals surface area contributed by atoms with E-state index in [2.05, 4.69) is 5.32 Å². The van der Waals surface area contributed by atoms with E-state index in [1.807, 2.05) is 63.2 Å². The van der Waals surface area contributed by atoms with E-state index in [4.69, 9.17) is 4.74 Å². The fourth-order valence-corrected chi connectivity index (χ4v) is 4.65. The quantitative estimate of drug-likeness (QED) is 0.309. The maximum atomic E-state index is 13.6. The summed E-state index contributed by atoms with van der Waals surface area (Å²) in [5.41, 5.74) is 4.90. The van der Waals surface area contributed by atoms with Crippen LogP contribution in [0, 0.1) is 20.8 Å². The molecule has 0 aliphatic carbocycles. The number of nitrogens with zero attached hydrogens (tertiary/aromatic N) is 1. The molecule has 0 fully saturated rings. The topological polar surface area (TPSA) is 75.7 Å². The molecule has 6 nitrogen and oxygen atoms in total. The first-order chi connectivity index (χ1) is 17.2. The lowest BCUT2D eigenvalue weighted by atomic mass is 10.1. The van der Waals surface area contributed by atoms with Crippen LogP contribution in [0.4, 0.5) is 11.4 Å². The van der Waals surface area contributed by atoms with E-state index in [0.29, 0.717) is 16.2 Å². The first kappa shape index (κ1) is 25.3. The van der Waals surface area contributed by atoms with Crippen molar-refractivity contribution in [3.63, 3.8) is 0 Å². The molecule has 0 aromatic heterocycles. The number of esters is 1. The fourth-order valence-electron chi connectivity index (χ4n) is 3.72. The van der Waals surface area contributed by atoms with Crippen LogP contribution in [-0.4, -0.2) is 23.9 Å². The molecule has 36 heavy (non-hydrogen) atoms. The van der Waals surface area contributed by atoms with Crippen molar-refractivity contribution in [2.45, 2.75) is 45.6 Å². The number of hydrogen-bond acceptors (Lipinski definition) is 6. The van der Waals surface area contributed by atoms with E-state index < -0.39 is 17.8 Å². The smallest absolute Gasteiger partial charge is 0.338 e. The van der Waals surface area contributed by atoms with Gasteiger partial charge in [-0.25, -0.2) is 9.69 Å². The highest BCUT2D eigenvalue weighted by Gasteiger charge is 2.40. The second-order valence-electron chi connectivity index (χ2n) is 8.94. The number of carbonyl (C=O) groups excluding carboxylic acids is 3. The van der Waals surface area contributed by atoms with Gasteiger partial charge in [0.25, 0.3) is 11.8 Å². The van der Waals surface area contributed by atoms with Gasteiger partial charge in [-0.15, -0.1) is 0 Å². The number of thioether (sulfide) groups is 1. The summed E-state index contributed by atoms with van der Waals surface area (Å²) in [6.07, 6.45) is -0.247. The molecule has 0 saturated heterocycles. The summed E-state index contributed by atoms with van der Waals surface area (Å²) in [6, 6.07) is 19.9. The maximum Gasteiger partial charge on any atom is 0.338 e. The number of hydrogen-bond donors (Lipinski definition) is 1. The SMILES string of the molecule is Cc1ccc(SC2=C(Nc3cccc(C)c3C)C(=O)N(c3ccc(C(=O)OC(C)C)cc3)C2=O)cc1. The number of ether oxygens (including phenoxy) is 1. The average Bonchev–Trinajstić information content (AvgIpc) is 3.07. The van der Waals surface area contributed by atoms with Crippen molar-refractivity contribution in [3.05, 3.63) is 99.6 Å². The number of amides is 2. The lowest BCUT2D eigenvalue weighted by molar-refractivity contribution is -0.120. The first-order valence-electron chi connectivity index (χ1n) is 11.7. The first-order valence-corrected chi connectivity index (χ1v) is 12.5. The summed E-state index contributed by atoms with van der Waals surface area (Å²) in [4.78, 5) is 41.7. The predicted molar refractivity (Wildman–Crippen MR) is 143 cm³/mol. The lowest BCUT2D eigenvalue weighted by Gasteiger charge is -2.16. The van der Waals surface area contributed by atoms with Crippen molar-refractivity contribution in [2.24, 2.45) is 0 Å². The zero-order chi connectivity index (χ0) is 26.0. The fraction of sp³-hybridized carbons (Fsp3) is 0.207. The van der Waals surface area contributed by atoms with Crippen LogP contribution in [0.15, 0.2) is 82.2 Å². The van der Waals surface area contributed by atoms with E-state index in [-0.39, 0.29) is 11.8 Å². The Labute approximate surface area is 215 Å². The standard InChI is InChI=1S/C29H28N2O4S/c1-17(2)35-29(34)21-11-13-22(14-12-21)31-27(32)25(30-24-8-6-7-19(4)20(24)5)26(28(31)33)36-23-15-9-18(3)10-16-23/h6-17,30H,1-5H3. The third-order valence-corrected chi connectivity index (χ3v) is 6.94. The molecule has 0 atom stereocenters. The van der Waals surface area contributed by atoms with Gasteiger partial charge in [-0.05, 0) is 88.2 Å². The molecule has 1 N–H and O–H groups in total. The van der Waals surface area contributed by atoms with E-state index >= 15 is 0 Å². The lowest BCUT2D eigenvalue weighted by Crippen LogP contribution is -2.32. The summed E-state index contributed by atoms with van der Waals surface area (Å²) in [5, 5.41) is 3.24. The van der Waals surface area contributed by atoms with Crippen molar-refractivity contribution in [1.29, 1.82) is 0 Å². The monoisotopic (exact) mass is 500 g/mol. The molecule has 1 aliphatic heterocycles. The molecule has 0 unspecified atom stereocenters. The van der Waals surface area contributed by atoms with Gasteiger partial charge in [0.2, 0.25) is 0 Å². The molecule has 4 rings (SSSR count). The number of carbonyl (C=O) groups is 3. The van der Waals surface area contributed by atoms with Crippen molar-refractivity contribution < 1.29 is 19.1 Å². The molecule has 0 spiro atoms. The number of rotatable bonds is 7. The Morgan fingerprint density at radius 2 is 1.56 bits per heavy atom. The van der Waals surface area contributed by atoms with Gasteiger partial charge >= 0.3 is 5.97 Å². The largest absolute Gasteiger partial charge is 0.459 e. The Bertz CT molecular complexity index is 1360. The van der Waals surface area contributed by atoms with Crippen LogP contribution in [0.3, 0.4) is 0 Å². The third kappa shape index (κ3) is 5.21. The minimum Gasteiger partial charge on any atom is -0.459 e. The third-order valence-electron chi connectivity index (χ3n) is 5.85. The highest BCUT2D eigenvalue weighted by atomic mass is 32.2. The summed E-state index contributed by atoms with van der Waals surface area (Å²) in [6.45, 7) is 9.51. The molecule has 7 heteroatoms. The summed E-state index contributed by atoms with van der Waals surface area (Å²) in [7, 11) is 0. The van der Waals surface area contributed by atoms with Gasteiger partial charge in [0.15, 0.2) is 0 Å². The zero-order valence-corrected chi connectivity index (χ0v) is 21.7. The summed E-state index contributed by atoms with van der Waals surface area (Å²) < 4.78 is 5.23. The average molecular weight is 501 g/mol. The van der Waals surface area contributed by atoms with E-state index in [1.54, 1.807) is 38.1 Å². The van der Waals surface area contributed by atoms with Crippen LogP contribution in [0.5, 0.6) is 0 Å². The molecule has 0 saturated carbocycles. The van der Waals surface area contributed by atoms with Gasteiger partial charge in [0, 0.05) is 10.6 Å². The van der Waals surface area contributed by atoms with Crippen molar-refractivity contribution in [1.82, 2.24) is 0 Å². The van der Waals surface area contributed by atoms with Crippen LogP contribution >= 0.6 is 11.8 Å². The normalized spacial score (nSPS) is 13.6. The minimum atomic E-state index is -0.457. The Morgan fingerprint density at radius 3 is 2.19 bits per heavy atom. The summed E-state index contributed by atoms with van der Waals surface area (Å²) >= 11 is 1.25. The predicted octanol–water partition coefficient (Wildman–Crippen LogP) is 6.17. The molecule has 0 radical (unpaired) electrons. The molecule has 2 amide bonds. The molecule has 3 aromatic rings. The van der Waals surface area contributed by atoms with Crippen LogP contribution < -0.4 is 10.2 Å². The zero-order valence-electron chi connectivity index (χ0n) is 20.9. The minimum absolute atomic E-state index is 0.225. The Balaban J connectivity index is 1.70.